The van der Waals surface area contributed by atoms with E-state index in [1.54, 1.807) is 0 Å². The van der Waals surface area contributed by atoms with Gasteiger partial charge in [0, 0.05) is 19.3 Å². The van der Waals surface area contributed by atoms with E-state index in [9.17, 15) is 14.4 Å². The molecular formula is C64H106O6. The zero-order valence-electron chi connectivity index (χ0n) is 45.5. The van der Waals surface area contributed by atoms with Gasteiger partial charge in [-0.2, -0.15) is 0 Å². The predicted molar refractivity (Wildman–Crippen MR) is 302 cm³/mol. The molecule has 0 radical (unpaired) electrons. The minimum atomic E-state index is -0.819. The Morgan fingerprint density at radius 1 is 0.300 bits per heavy atom. The molecule has 0 heterocycles. The molecule has 0 amide bonds. The van der Waals surface area contributed by atoms with E-state index >= 15 is 0 Å². The van der Waals surface area contributed by atoms with Crippen LogP contribution in [0.2, 0.25) is 0 Å². The van der Waals surface area contributed by atoms with Crippen LogP contribution in [0.3, 0.4) is 0 Å². The second kappa shape index (κ2) is 57.6. The van der Waals surface area contributed by atoms with Crippen LogP contribution in [-0.2, 0) is 28.6 Å². The van der Waals surface area contributed by atoms with Crippen LogP contribution in [0.4, 0.5) is 0 Å². The summed E-state index contributed by atoms with van der Waals surface area (Å²) in [5, 5.41) is 0. The molecule has 0 spiro atoms. The summed E-state index contributed by atoms with van der Waals surface area (Å²) in [5.41, 5.74) is 0. The average Bonchev–Trinajstić information content (AvgIpc) is 3.36. The fraction of sp³-hybridized carbons (Fsp3) is 0.672. The second-order valence-corrected chi connectivity index (χ2v) is 18.8. The van der Waals surface area contributed by atoms with Crippen molar-refractivity contribution in [3.05, 3.63) is 109 Å². The summed E-state index contributed by atoms with van der Waals surface area (Å²) < 4.78 is 16.8. The van der Waals surface area contributed by atoms with Crippen LogP contribution < -0.4 is 0 Å². The lowest BCUT2D eigenvalue weighted by atomic mass is 10.1. The molecule has 398 valence electrons. The first kappa shape index (κ1) is 66.1. The predicted octanol–water partition coefficient (Wildman–Crippen LogP) is 19.5. The quantitative estimate of drug-likeness (QED) is 0.0262. The standard InChI is InChI=1S/C64H106O6/c1-4-7-10-13-16-19-22-25-28-31-32-34-36-39-42-45-48-51-54-57-63(66)69-60-61(59-68-62(65)56-53-50-47-44-41-38-35-30-27-24-21-18-15-12-9-6-3)70-64(67)58-55-52-49-46-43-40-37-33-29-26-23-20-17-14-11-8-5-2/h7,10,16,19,21,24-26,28-30,32,34-35,39,42,48,51,61H,4-6,8-9,11-15,17-18,20,22-23,27,31,33,36-38,40-41,43-47,49-50,52-60H2,1-3H3/b10-7-,19-16-,24-21-,28-25-,29-26-,34-32-,35-30-,42-39-,51-48-. The Balaban J connectivity index is 4.54. The summed E-state index contributed by atoms with van der Waals surface area (Å²) in [6.07, 6.45) is 78.0. The lowest BCUT2D eigenvalue weighted by molar-refractivity contribution is -0.166. The number of hydrogen-bond acceptors (Lipinski definition) is 6. The average molecular weight is 972 g/mol. The first-order chi connectivity index (χ1) is 34.5. The maximum atomic E-state index is 12.9. The molecule has 0 bridgehead atoms. The monoisotopic (exact) mass is 971 g/mol. The Bertz CT molecular complexity index is 1440. The molecule has 1 unspecified atom stereocenters. The summed E-state index contributed by atoms with van der Waals surface area (Å²) in [6, 6.07) is 0. The number of esters is 3. The number of hydrogen-bond donors (Lipinski definition) is 0. The largest absolute Gasteiger partial charge is 0.462 e. The highest BCUT2D eigenvalue weighted by molar-refractivity contribution is 5.71. The summed E-state index contributed by atoms with van der Waals surface area (Å²) in [6.45, 7) is 6.43. The van der Waals surface area contributed by atoms with Gasteiger partial charge in [-0.15, -0.1) is 0 Å². The highest BCUT2D eigenvalue weighted by Gasteiger charge is 2.19. The first-order valence-corrected chi connectivity index (χ1v) is 28.9. The van der Waals surface area contributed by atoms with Crippen molar-refractivity contribution in [3.63, 3.8) is 0 Å². The molecule has 0 aromatic carbocycles. The Morgan fingerprint density at radius 2 is 0.586 bits per heavy atom. The Hall–Kier alpha value is -3.93. The van der Waals surface area contributed by atoms with E-state index in [0.29, 0.717) is 19.3 Å². The molecule has 0 saturated heterocycles. The molecular weight excluding hydrogens is 865 g/mol. The van der Waals surface area contributed by atoms with E-state index in [4.69, 9.17) is 14.2 Å². The second-order valence-electron chi connectivity index (χ2n) is 18.8. The van der Waals surface area contributed by atoms with Gasteiger partial charge in [-0.25, -0.2) is 0 Å². The summed E-state index contributed by atoms with van der Waals surface area (Å²) in [5.74, 6) is -1.01. The molecule has 6 nitrogen and oxygen atoms in total. The third-order valence-corrected chi connectivity index (χ3v) is 12.0. The third kappa shape index (κ3) is 55.0. The zero-order valence-corrected chi connectivity index (χ0v) is 45.5. The van der Waals surface area contributed by atoms with Crippen LogP contribution in [0.5, 0.6) is 0 Å². The molecule has 0 aromatic rings. The van der Waals surface area contributed by atoms with Gasteiger partial charge in [0.25, 0.3) is 0 Å². The van der Waals surface area contributed by atoms with Crippen molar-refractivity contribution in [3.8, 4) is 0 Å². The van der Waals surface area contributed by atoms with Crippen molar-refractivity contribution in [2.75, 3.05) is 13.2 Å². The molecule has 0 rings (SSSR count). The summed E-state index contributed by atoms with van der Waals surface area (Å²) in [4.78, 5) is 38.1. The molecule has 0 aliphatic heterocycles. The van der Waals surface area contributed by atoms with Gasteiger partial charge in [-0.1, -0.05) is 233 Å². The molecule has 0 aliphatic rings. The topological polar surface area (TPSA) is 78.9 Å². The van der Waals surface area contributed by atoms with E-state index in [1.165, 1.54) is 109 Å². The van der Waals surface area contributed by atoms with Gasteiger partial charge in [0.15, 0.2) is 6.10 Å². The summed E-state index contributed by atoms with van der Waals surface area (Å²) in [7, 11) is 0. The molecule has 0 fully saturated rings. The van der Waals surface area contributed by atoms with Gasteiger partial charge >= 0.3 is 17.9 Å². The van der Waals surface area contributed by atoms with Gasteiger partial charge < -0.3 is 14.2 Å². The number of allylic oxidation sites excluding steroid dienone is 18. The van der Waals surface area contributed by atoms with Gasteiger partial charge in [0.1, 0.15) is 13.2 Å². The van der Waals surface area contributed by atoms with E-state index in [0.717, 1.165) is 103 Å². The van der Waals surface area contributed by atoms with Crippen molar-refractivity contribution in [1.82, 2.24) is 0 Å². The maximum absolute atomic E-state index is 12.9. The Morgan fingerprint density at radius 3 is 0.986 bits per heavy atom. The lowest BCUT2D eigenvalue weighted by Crippen LogP contribution is -2.30. The summed E-state index contributed by atoms with van der Waals surface area (Å²) >= 11 is 0. The fourth-order valence-electron chi connectivity index (χ4n) is 7.67. The smallest absolute Gasteiger partial charge is 0.306 e. The SMILES string of the molecule is CC/C=C\C/C=C\C/C=C\C/C=C\C/C=C\C/C=C\CCC(=O)OCC(COC(=O)CCCCCCC/C=C\C/C=C\CCCCCC)OC(=O)CCCCCCCCC/C=C\CCCCCCCC. The van der Waals surface area contributed by atoms with Crippen LogP contribution in [-0.4, -0.2) is 37.2 Å². The Kier molecular flexibility index (Phi) is 54.4. The number of ether oxygens (including phenoxy) is 3. The molecule has 0 N–H and O–H groups in total. The fourth-order valence-corrected chi connectivity index (χ4v) is 7.67. The van der Waals surface area contributed by atoms with Crippen LogP contribution >= 0.6 is 0 Å². The molecule has 1 atom stereocenters. The van der Waals surface area contributed by atoms with Crippen molar-refractivity contribution >= 4 is 17.9 Å². The normalized spacial score (nSPS) is 12.9. The number of unbranched alkanes of at least 4 members (excludes halogenated alkanes) is 22. The number of carbonyl (C=O) groups is 3. The van der Waals surface area contributed by atoms with Gasteiger partial charge in [0.2, 0.25) is 0 Å². The zero-order chi connectivity index (χ0) is 50.7. The molecule has 0 aromatic heterocycles. The maximum Gasteiger partial charge on any atom is 0.306 e. The number of rotatable bonds is 51. The molecule has 70 heavy (non-hydrogen) atoms. The van der Waals surface area contributed by atoms with E-state index in [-0.39, 0.29) is 37.5 Å². The van der Waals surface area contributed by atoms with Gasteiger partial charge in [-0.3, -0.25) is 14.4 Å². The lowest BCUT2D eigenvalue weighted by Gasteiger charge is -2.18. The molecule has 6 heteroatoms. The van der Waals surface area contributed by atoms with Gasteiger partial charge in [0.05, 0.1) is 0 Å². The van der Waals surface area contributed by atoms with Crippen LogP contribution in [0.15, 0.2) is 109 Å². The van der Waals surface area contributed by atoms with Crippen LogP contribution in [0.1, 0.15) is 258 Å². The first-order valence-electron chi connectivity index (χ1n) is 28.9. The van der Waals surface area contributed by atoms with Crippen molar-refractivity contribution in [2.24, 2.45) is 0 Å². The van der Waals surface area contributed by atoms with E-state index in [1.807, 2.05) is 6.08 Å². The molecule has 0 aliphatic carbocycles. The van der Waals surface area contributed by atoms with Crippen LogP contribution in [0.25, 0.3) is 0 Å². The van der Waals surface area contributed by atoms with Crippen molar-refractivity contribution < 1.29 is 28.6 Å². The highest BCUT2D eigenvalue weighted by atomic mass is 16.6. The Labute approximate surface area is 431 Å². The van der Waals surface area contributed by atoms with Gasteiger partial charge in [-0.05, 0) is 116 Å². The minimum absolute atomic E-state index is 0.111. The van der Waals surface area contributed by atoms with E-state index < -0.39 is 6.10 Å². The minimum Gasteiger partial charge on any atom is -0.462 e. The van der Waals surface area contributed by atoms with Crippen molar-refractivity contribution in [1.29, 1.82) is 0 Å². The highest BCUT2D eigenvalue weighted by Crippen LogP contribution is 2.14. The van der Waals surface area contributed by atoms with Crippen LogP contribution in [0, 0.1) is 0 Å². The van der Waals surface area contributed by atoms with Crippen molar-refractivity contribution in [2.45, 2.75) is 264 Å². The molecule has 0 saturated carbocycles. The number of carbonyl (C=O) groups excluding carboxylic acids is 3. The third-order valence-electron chi connectivity index (χ3n) is 12.0. The van der Waals surface area contributed by atoms with E-state index in [2.05, 4.69) is 124 Å².